The van der Waals surface area contributed by atoms with Gasteiger partial charge in [0, 0.05) is 5.02 Å². The van der Waals surface area contributed by atoms with E-state index in [1.54, 1.807) is 18.2 Å². The summed E-state index contributed by atoms with van der Waals surface area (Å²) in [6.07, 6.45) is 2.65. The smallest absolute Gasteiger partial charge is 0.305 e. The Morgan fingerprint density at radius 1 is 1.37 bits per heavy atom. The van der Waals surface area contributed by atoms with Gasteiger partial charge in [0.05, 0.1) is 18.4 Å². The molecule has 0 atom stereocenters. The summed E-state index contributed by atoms with van der Waals surface area (Å²) in [5.74, 6) is -1.02. The third-order valence-electron chi connectivity index (χ3n) is 3.46. The Morgan fingerprint density at radius 3 is 2.63 bits per heavy atom. The average Bonchev–Trinajstić information content (AvgIpc) is 2.25. The van der Waals surface area contributed by atoms with Crippen LogP contribution >= 0.6 is 11.6 Å². The van der Waals surface area contributed by atoms with Crippen molar-refractivity contribution in [3.8, 4) is 0 Å². The van der Waals surface area contributed by atoms with E-state index >= 15 is 0 Å². The van der Waals surface area contributed by atoms with Gasteiger partial charge in [-0.2, -0.15) is 0 Å². The maximum absolute atomic E-state index is 12.0. The minimum absolute atomic E-state index is 0.00567. The number of halogens is 1. The molecule has 1 aromatic rings. The molecule has 1 fully saturated rings. The van der Waals surface area contributed by atoms with Crippen LogP contribution in [0.3, 0.4) is 0 Å². The molecule has 0 radical (unpaired) electrons. The topological polar surface area (TPSA) is 66.4 Å². The maximum Gasteiger partial charge on any atom is 0.305 e. The molecule has 0 unspecified atom stereocenters. The molecule has 2 N–H and O–H groups in total. The molecule has 1 amide bonds. The van der Waals surface area contributed by atoms with Gasteiger partial charge < -0.3 is 10.4 Å². The predicted octanol–water partition coefficient (Wildman–Crippen LogP) is 2.40. The van der Waals surface area contributed by atoms with Crippen LogP contribution in [0.2, 0.25) is 5.02 Å². The summed E-state index contributed by atoms with van der Waals surface area (Å²) >= 11 is 5.86. The first-order valence-corrected chi connectivity index (χ1v) is 6.64. The Kier molecular flexibility index (Phi) is 4.10. The summed E-state index contributed by atoms with van der Waals surface area (Å²) in [5.41, 5.74) is 0.288. The van der Waals surface area contributed by atoms with Gasteiger partial charge in [0.1, 0.15) is 0 Å². The molecule has 5 heteroatoms. The molecule has 2 rings (SSSR count). The van der Waals surface area contributed by atoms with E-state index in [0.29, 0.717) is 5.02 Å². The van der Waals surface area contributed by atoms with Crippen molar-refractivity contribution in [2.75, 3.05) is 0 Å². The highest BCUT2D eigenvalue weighted by molar-refractivity contribution is 6.30. The molecule has 0 aromatic heterocycles. The molecule has 1 aliphatic carbocycles. The van der Waals surface area contributed by atoms with Crippen molar-refractivity contribution >= 4 is 23.5 Å². The highest BCUT2D eigenvalue weighted by atomic mass is 35.5. The number of rotatable bonds is 5. The van der Waals surface area contributed by atoms with E-state index < -0.39 is 11.5 Å². The van der Waals surface area contributed by atoms with Gasteiger partial charge in [-0.25, -0.2) is 0 Å². The second-order valence-electron chi connectivity index (χ2n) is 5.06. The molecular formula is C14H16ClNO3. The number of benzene rings is 1. The lowest BCUT2D eigenvalue weighted by Gasteiger charge is -2.41. The zero-order valence-corrected chi connectivity index (χ0v) is 11.2. The summed E-state index contributed by atoms with van der Waals surface area (Å²) in [5, 5.41) is 12.3. The summed E-state index contributed by atoms with van der Waals surface area (Å²) < 4.78 is 0. The fourth-order valence-corrected chi connectivity index (χ4v) is 2.62. The van der Waals surface area contributed by atoms with E-state index in [0.717, 1.165) is 24.8 Å². The van der Waals surface area contributed by atoms with Gasteiger partial charge in [0.25, 0.3) is 0 Å². The minimum atomic E-state index is -0.872. The summed E-state index contributed by atoms with van der Waals surface area (Å²) in [4.78, 5) is 22.8. The van der Waals surface area contributed by atoms with Crippen molar-refractivity contribution in [3.05, 3.63) is 34.9 Å². The predicted molar refractivity (Wildman–Crippen MR) is 72.1 cm³/mol. The van der Waals surface area contributed by atoms with Gasteiger partial charge in [0.2, 0.25) is 5.91 Å². The number of hydrogen-bond acceptors (Lipinski definition) is 2. The van der Waals surface area contributed by atoms with Crippen LogP contribution in [0, 0.1) is 0 Å². The maximum atomic E-state index is 12.0. The standard InChI is InChI=1S/C14H16ClNO3/c15-11-4-1-3-10(7-11)8-12(17)16-14(5-2-6-14)9-13(18)19/h1,3-4,7H,2,5-6,8-9H2,(H,16,17)(H,18,19). The Labute approximate surface area is 116 Å². The first kappa shape index (κ1) is 13.9. The zero-order valence-electron chi connectivity index (χ0n) is 10.5. The van der Waals surface area contributed by atoms with Crippen molar-refractivity contribution in [1.29, 1.82) is 0 Å². The van der Waals surface area contributed by atoms with Crippen LogP contribution in [-0.2, 0) is 16.0 Å². The molecule has 19 heavy (non-hydrogen) atoms. The van der Waals surface area contributed by atoms with Gasteiger partial charge in [-0.05, 0) is 37.0 Å². The number of nitrogens with one attached hydrogen (secondary N) is 1. The second kappa shape index (κ2) is 5.61. The van der Waals surface area contributed by atoms with Crippen LogP contribution in [0.25, 0.3) is 0 Å². The molecule has 0 heterocycles. The first-order valence-electron chi connectivity index (χ1n) is 6.26. The fourth-order valence-electron chi connectivity index (χ4n) is 2.41. The third kappa shape index (κ3) is 3.70. The average molecular weight is 282 g/mol. The number of carboxylic acid groups (broad SMARTS) is 1. The Morgan fingerprint density at radius 2 is 2.11 bits per heavy atom. The number of carboxylic acids is 1. The van der Waals surface area contributed by atoms with Crippen LogP contribution in [0.1, 0.15) is 31.2 Å². The Balaban J connectivity index is 1.95. The molecule has 1 saturated carbocycles. The van der Waals surface area contributed by atoms with Crippen molar-refractivity contribution in [1.82, 2.24) is 5.32 Å². The van der Waals surface area contributed by atoms with Crippen molar-refractivity contribution in [2.24, 2.45) is 0 Å². The molecule has 4 nitrogen and oxygen atoms in total. The molecule has 0 aliphatic heterocycles. The largest absolute Gasteiger partial charge is 0.481 e. The number of carbonyl (C=O) groups is 2. The van der Waals surface area contributed by atoms with Gasteiger partial charge >= 0.3 is 5.97 Å². The summed E-state index contributed by atoms with van der Waals surface area (Å²) in [6, 6.07) is 7.12. The zero-order chi connectivity index (χ0) is 13.9. The van der Waals surface area contributed by atoms with E-state index in [-0.39, 0.29) is 18.7 Å². The van der Waals surface area contributed by atoms with Gasteiger partial charge in [-0.15, -0.1) is 0 Å². The fraction of sp³-hybridized carbons (Fsp3) is 0.429. The normalized spacial score (nSPS) is 16.5. The van der Waals surface area contributed by atoms with E-state index in [4.69, 9.17) is 16.7 Å². The van der Waals surface area contributed by atoms with Crippen LogP contribution < -0.4 is 5.32 Å². The van der Waals surface area contributed by atoms with E-state index in [9.17, 15) is 9.59 Å². The highest BCUT2D eigenvalue weighted by Gasteiger charge is 2.40. The number of carbonyl (C=O) groups excluding carboxylic acids is 1. The minimum Gasteiger partial charge on any atom is -0.481 e. The van der Waals surface area contributed by atoms with Gasteiger partial charge in [-0.1, -0.05) is 23.7 Å². The van der Waals surface area contributed by atoms with E-state index in [2.05, 4.69) is 5.32 Å². The molecule has 0 bridgehead atoms. The lowest BCUT2D eigenvalue weighted by Crippen LogP contribution is -2.55. The van der Waals surface area contributed by atoms with Crippen molar-refractivity contribution in [2.45, 2.75) is 37.6 Å². The molecule has 1 aliphatic rings. The molecule has 1 aromatic carbocycles. The van der Waals surface area contributed by atoms with E-state index in [1.165, 1.54) is 0 Å². The van der Waals surface area contributed by atoms with Crippen molar-refractivity contribution in [3.63, 3.8) is 0 Å². The lowest BCUT2D eigenvalue weighted by molar-refractivity contribution is -0.140. The monoisotopic (exact) mass is 281 g/mol. The van der Waals surface area contributed by atoms with E-state index in [1.807, 2.05) is 6.07 Å². The van der Waals surface area contributed by atoms with Crippen molar-refractivity contribution < 1.29 is 14.7 Å². The molecule has 102 valence electrons. The van der Waals surface area contributed by atoms with Gasteiger partial charge in [0.15, 0.2) is 0 Å². The molecular weight excluding hydrogens is 266 g/mol. The quantitative estimate of drug-likeness (QED) is 0.871. The summed E-state index contributed by atoms with van der Waals surface area (Å²) in [7, 11) is 0. The Hall–Kier alpha value is -1.55. The number of hydrogen-bond donors (Lipinski definition) is 2. The Bertz CT molecular complexity index is 497. The number of amides is 1. The third-order valence-corrected chi connectivity index (χ3v) is 3.69. The SMILES string of the molecule is O=C(O)CC1(NC(=O)Cc2cccc(Cl)c2)CCC1. The second-order valence-corrected chi connectivity index (χ2v) is 5.50. The summed E-state index contributed by atoms with van der Waals surface area (Å²) in [6.45, 7) is 0. The molecule has 0 spiro atoms. The lowest BCUT2D eigenvalue weighted by atomic mass is 9.74. The van der Waals surface area contributed by atoms with Crippen LogP contribution in [0.4, 0.5) is 0 Å². The first-order chi connectivity index (χ1) is 8.99. The van der Waals surface area contributed by atoms with Gasteiger partial charge in [-0.3, -0.25) is 9.59 Å². The van der Waals surface area contributed by atoms with Crippen LogP contribution in [-0.4, -0.2) is 22.5 Å². The highest BCUT2D eigenvalue weighted by Crippen LogP contribution is 2.35. The van der Waals surface area contributed by atoms with Crippen LogP contribution in [0.15, 0.2) is 24.3 Å². The van der Waals surface area contributed by atoms with Crippen LogP contribution in [0.5, 0.6) is 0 Å². The molecule has 0 saturated heterocycles. The number of aliphatic carboxylic acids is 1.